The summed E-state index contributed by atoms with van der Waals surface area (Å²) in [7, 11) is 0. The van der Waals surface area contributed by atoms with Crippen molar-refractivity contribution in [2.75, 3.05) is 37.6 Å². The van der Waals surface area contributed by atoms with E-state index >= 15 is 0 Å². The standard InChI is InChI=1S/C21H26ClN3O3/c22-17-4-3-5-18(13-17)25-14-16(12-19(25)26)21(28)24-10-6-15(7-11-24)20(27)23-8-1-2-9-23/h3-5,13,15-16H,1-2,6-12,14H2. The molecule has 3 heterocycles. The molecule has 0 saturated carbocycles. The molecule has 1 unspecified atom stereocenters. The van der Waals surface area contributed by atoms with Crippen molar-refractivity contribution in [3.63, 3.8) is 0 Å². The van der Waals surface area contributed by atoms with Crippen molar-refractivity contribution in [2.24, 2.45) is 11.8 Å². The minimum Gasteiger partial charge on any atom is -0.342 e. The van der Waals surface area contributed by atoms with E-state index in [0.717, 1.165) is 44.5 Å². The van der Waals surface area contributed by atoms with E-state index in [4.69, 9.17) is 11.6 Å². The van der Waals surface area contributed by atoms with Crippen LogP contribution >= 0.6 is 11.6 Å². The highest BCUT2D eigenvalue weighted by molar-refractivity contribution is 6.31. The molecule has 0 spiro atoms. The molecule has 3 saturated heterocycles. The zero-order valence-corrected chi connectivity index (χ0v) is 16.7. The molecule has 3 aliphatic rings. The van der Waals surface area contributed by atoms with Crippen LogP contribution in [0.1, 0.15) is 32.1 Å². The lowest BCUT2D eigenvalue weighted by Gasteiger charge is -2.34. The van der Waals surface area contributed by atoms with Gasteiger partial charge >= 0.3 is 0 Å². The van der Waals surface area contributed by atoms with Crippen molar-refractivity contribution in [1.29, 1.82) is 0 Å². The van der Waals surface area contributed by atoms with Gasteiger partial charge in [0.25, 0.3) is 0 Å². The third-order valence-corrected chi connectivity index (χ3v) is 6.40. The SMILES string of the molecule is O=C(C1CCN(C(=O)C2CC(=O)N(c3cccc(Cl)c3)C2)CC1)N1CCCC1. The van der Waals surface area contributed by atoms with Gasteiger partial charge in [-0.2, -0.15) is 0 Å². The second kappa shape index (κ2) is 8.11. The van der Waals surface area contributed by atoms with Crippen LogP contribution in [0.3, 0.4) is 0 Å². The van der Waals surface area contributed by atoms with E-state index in [-0.39, 0.29) is 36.0 Å². The molecule has 1 aromatic rings. The highest BCUT2D eigenvalue weighted by atomic mass is 35.5. The highest BCUT2D eigenvalue weighted by Crippen LogP contribution is 2.29. The second-order valence-corrected chi connectivity index (χ2v) is 8.45. The topological polar surface area (TPSA) is 60.9 Å². The molecule has 3 aliphatic heterocycles. The van der Waals surface area contributed by atoms with Crippen LogP contribution in [0.2, 0.25) is 5.02 Å². The first kappa shape index (κ1) is 19.2. The molecule has 4 rings (SSSR count). The summed E-state index contributed by atoms with van der Waals surface area (Å²) < 4.78 is 0. The predicted octanol–water partition coefficient (Wildman–Crippen LogP) is 2.55. The van der Waals surface area contributed by atoms with Gasteiger partial charge in [0.1, 0.15) is 0 Å². The third kappa shape index (κ3) is 3.88. The van der Waals surface area contributed by atoms with E-state index in [1.165, 1.54) is 0 Å². The second-order valence-electron chi connectivity index (χ2n) is 8.02. The molecule has 0 radical (unpaired) electrons. The van der Waals surface area contributed by atoms with Crippen LogP contribution in [-0.4, -0.2) is 60.2 Å². The normalized spacial score (nSPS) is 23.5. The van der Waals surface area contributed by atoms with E-state index < -0.39 is 0 Å². The van der Waals surface area contributed by atoms with E-state index in [0.29, 0.717) is 24.7 Å². The van der Waals surface area contributed by atoms with Gasteiger partial charge in [0, 0.05) is 55.8 Å². The molecule has 1 atom stereocenters. The summed E-state index contributed by atoms with van der Waals surface area (Å²) in [6.07, 6.45) is 3.88. The summed E-state index contributed by atoms with van der Waals surface area (Å²) in [5.74, 6) is -0.0370. The number of likely N-dealkylation sites (tertiary alicyclic amines) is 2. The lowest BCUT2D eigenvalue weighted by molar-refractivity contribution is -0.142. The van der Waals surface area contributed by atoms with Gasteiger partial charge in [0.2, 0.25) is 17.7 Å². The number of anilines is 1. The Morgan fingerprint density at radius 1 is 0.929 bits per heavy atom. The summed E-state index contributed by atoms with van der Waals surface area (Å²) in [6, 6.07) is 7.16. The zero-order chi connectivity index (χ0) is 19.7. The first-order valence-corrected chi connectivity index (χ1v) is 10.5. The fraction of sp³-hybridized carbons (Fsp3) is 0.571. The lowest BCUT2D eigenvalue weighted by atomic mass is 9.94. The van der Waals surface area contributed by atoms with Crippen LogP contribution in [0.25, 0.3) is 0 Å². The molecule has 0 aromatic heterocycles. The number of nitrogens with zero attached hydrogens (tertiary/aromatic N) is 3. The van der Waals surface area contributed by atoms with Gasteiger partial charge in [-0.3, -0.25) is 14.4 Å². The molecule has 0 bridgehead atoms. The quantitative estimate of drug-likeness (QED) is 0.779. The van der Waals surface area contributed by atoms with Gasteiger partial charge < -0.3 is 14.7 Å². The molecule has 3 amide bonds. The zero-order valence-electron chi connectivity index (χ0n) is 16.0. The van der Waals surface area contributed by atoms with Crippen LogP contribution in [0.15, 0.2) is 24.3 Å². The lowest BCUT2D eigenvalue weighted by Crippen LogP contribution is -2.46. The number of piperidine rings is 1. The molecule has 28 heavy (non-hydrogen) atoms. The van der Waals surface area contributed by atoms with Crippen molar-refractivity contribution < 1.29 is 14.4 Å². The average Bonchev–Trinajstić information content (AvgIpc) is 3.37. The van der Waals surface area contributed by atoms with Gasteiger partial charge in [-0.1, -0.05) is 17.7 Å². The number of benzene rings is 1. The number of amides is 3. The Morgan fingerprint density at radius 2 is 1.57 bits per heavy atom. The number of halogens is 1. The number of rotatable bonds is 3. The maximum Gasteiger partial charge on any atom is 0.228 e. The van der Waals surface area contributed by atoms with E-state index in [1.54, 1.807) is 17.0 Å². The van der Waals surface area contributed by atoms with Crippen LogP contribution in [-0.2, 0) is 14.4 Å². The van der Waals surface area contributed by atoms with Gasteiger partial charge in [-0.15, -0.1) is 0 Å². The van der Waals surface area contributed by atoms with Gasteiger partial charge in [0.05, 0.1) is 5.92 Å². The fourth-order valence-corrected chi connectivity index (χ4v) is 4.75. The monoisotopic (exact) mass is 403 g/mol. The Labute approximate surface area is 170 Å². The summed E-state index contributed by atoms with van der Waals surface area (Å²) >= 11 is 6.03. The van der Waals surface area contributed by atoms with Crippen LogP contribution in [0.5, 0.6) is 0 Å². The van der Waals surface area contributed by atoms with Crippen molar-refractivity contribution in [2.45, 2.75) is 32.1 Å². The van der Waals surface area contributed by atoms with Crippen molar-refractivity contribution in [3.8, 4) is 0 Å². The van der Waals surface area contributed by atoms with E-state index in [2.05, 4.69) is 0 Å². The number of hydrogen-bond acceptors (Lipinski definition) is 3. The van der Waals surface area contributed by atoms with Crippen LogP contribution in [0.4, 0.5) is 5.69 Å². The molecular weight excluding hydrogens is 378 g/mol. The molecule has 6 nitrogen and oxygen atoms in total. The Bertz CT molecular complexity index is 770. The molecule has 7 heteroatoms. The first-order valence-electron chi connectivity index (χ1n) is 10.2. The molecule has 150 valence electrons. The third-order valence-electron chi connectivity index (χ3n) is 6.17. The highest BCUT2D eigenvalue weighted by Gasteiger charge is 2.39. The van der Waals surface area contributed by atoms with E-state index in [9.17, 15) is 14.4 Å². The van der Waals surface area contributed by atoms with E-state index in [1.807, 2.05) is 21.9 Å². The predicted molar refractivity (Wildman–Crippen MR) is 107 cm³/mol. The molecule has 0 N–H and O–H groups in total. The molecule has 0 aliphatic carbocycles. The van der Waals surface area contributed by atoms with Crippen molar-refractivity contribution >= 4 is 35.0 Å². The largest absolute Gasteiger partial charge is 0.342 e. The molecule has 1 aromatic carbocycles. The van der Waals surface area contributed by atoms with Gasteiger partial charge in [-0.25, -0.2) is 0 Å². The first-order chi connectivity index (χ1) is 13.5. The average molecular weight is 404 g/mol. The fourth-order valence-electron chi connectivity index (χ4n) is 4.57. The van der Waals surface area contributed by atoms with Crippen molar-refractivity contribution in [3.05, 3.63) is 29.3 Å². The van der Waals surface area contributed by atoms with Crippen LogP contribution in [0, 0.1) is 11.8 Å². The number of carbonyl (C=O) groups excluding carboxylic acids is 3. The maximum absolute atomic E-state index is 12.9. The Hall–Kier alpha value is -2.08. The Kier molecular flexibility index (Phi) is 5.58. The van der Waals surface area contributed by atoms with Crippen LogP contribution < -0.4 is 4.90 Å². The minimum absolute atomic E-state index is 0.0324. The van der Waals surface area contributed by atoms with Gasteiger partial charge in [-0.05, 0) is 43.9 Å². The van der Waals surface area contributed by atoms with Crippen molar-refractivity contribution in [1.82, 2.24) is 9.80 Å². The summed E-state index contributed by atoms with van der Waals surface area (Å²) in [6.45, 7) is 3.35. The smallest absolute Gasteiger partial charge is 0.228 e. The minimum atomic E-state index is -0.322. The Balaban J connectivity index is 1.33. The molecule has 3 fully saturated rings. The molecular formula is C21H26ClN3O3. The number of hydrogen-bond donors (Lipinski definition) is 0. The maximum atomic E-state index is 12.9. The number of carbonyl (C=O) groups is 3. The summed E-state index contributed by atoms with van der Waals surface area (Å²) in [4.78, 5) is 43.4. The summed E-state index contributed by atoms with van der Waals surface area (Å²) in [5, 5.41) is 0.574. The van der Waals surface area contributed by atoms with Gasteiger partial charge in [0.15, 0.2) is 0 Å². The Morgan fingerprint density at radius 3 is 2.25 bits per heavy atom. The summed E-state index contributed by atoms with van der Waals surface area (Å²) in [5.41, 5.74) is 0.739.